The van der Waals surface area contributed by atoms with Gasteiger partial charge < -0.3 is 15.8 Å². The van der Waals surface area contributed by atoms with Crippen molar-refractivity contribution in [2.24, 2.45) is 16.3 Å². The van der Waals surface area contributed by atoms with Gasteiger partial charge in [0.15, 0.2) is 5.84 Å². The molecule has 6 heteroatoms. The van der Waals surface area contributed by atoms with Gasteiger partial charge in [-0.15, -0.1) is 0 Å². The molecule has 2 rings (SSSR count). The number of carbonyl (C=O) groups excluding carboxylic acids is 1. The first-order valence-electron chi connectivity index (χ1n) is 6.97. The number of hydrogen-bond donors (Lipinski definition) is 2. The van der Waals surface area contributed by atoms with E-state index in [1.807, 2.05) is 0 Å². The standard InChI is InChI=1S/C15H20FN3O2/c1-19(10-11-5-4-6-12(16)9-11)14(20)15(13(17)18-21)7-2-3-8-15/h4-6,9,21H,2-3,7-8,10H2,1H3,(H2,17,18). The molecule has 1 aliphatic carbocycles. The molecule has 0 aromatic heterocycles. The third kappa shape index (κ3) is 2.99. The molecule has 1 fully saturated rings. The summed E-state index contributed by atoms with van der Waals surface area (Å²) in [5.41, 5.74) is 5.55. The first-order chi connectivity index (χ1) is 9.99. The fraction of sp³-hybridized carbons (Fsp3) is 0.467. The molecule has 0 spiro atoms. The lowest BCUT2D eigenvalue weighted by molar-refractivity contribution is -0.137. The summed E-state index contributed by atoms with van der Waals surface area (Å²) in [5, 5.41) is 12.0. The molecule has 0 atom stereocenters. The number of oxime groups is 1. The monoisotopic (exact) mass is 293 g/mol. The van der Waals surface area contributed by atoms with Crippen molar-refractivity contribution < 1.29 is 14.4 Å². The molecule has 1 aromatic carbocycles. The van der Waals surface area contributed by atoms with Crippen LogP contribution in [-0.2, 0) is 11.3 Å². The third-order valence-corrected chi connectivity index (χ3v) is 4.12. The smallest absolute Gasteiger partial charge is 0.236 e. The molecule has 3 N–H and O–H groups in total. The highest BCUT2D eigenvalue weighted by Crippen LogP contribution is 2.40. The number of benzene rings is 1. The average molecular weight is 293 g/mol. The molecule has 0 bridgehead atoms. The van der Waals surface area contributed by atoms with Crippen molar-refractivity contribution >= 4 is 11.7 Å². The molecule has 0 aliphatic heterocycles. The normalized spacial score (nSPS) is 17.7. The van der Waals surface area contributed by atoms with Crippen LogP contribution in [0.3, 0.4) is 0 Å². The minimum atomic E-state index is -0.920. The quantitative estimate of drug-likeness (QED) is 0.386. The second kappa shape index (κ2) is 6.11. The van der Waals surface area contributed by atoms with Crippen LogP contribution in [0.5, 0.6) is 0 Å². The minimum absolute atomic E-state index is 0.0314. The van der Waals surface area contributed by atoms with Crippen LogP contribution in [0.25, 0.3) is 0 Å². The van der Waals surface area contributed by atoms with Crippen LogP contribution in [0, 0.1) is 11.2 Å². The van der Waals surface area contributed by atoms with E-state index in [4.69, 9.17) is 10.9 Å². The summed E-state index contributed by atoms with van der Waals surface area (Å²) >= 11 is 0. The Morgan fingerprint density at radius 1 is 1.48 bits per heavy atom. The van der Waals surface area contributed by atoms with Crippen LogP contribution in [0.15, 0.2) is 29.4 Å². The second-order valence-electron chi connectivity index (χ2n) is 5.57. The van der Waals surface area contributed by atoms with E-state index in [9.17, 15) is 9.18 Å². The Bertz CT molecular complexity index is 554. The summed E-state index contributed by atoms with van der Waals surface area (Å²) in [6.07, 6.45) is 2.90. The fourth-order valence-corrected chi connectivity index (χ4v) is 3.00. The first kappa shape index (κ1) is 15.3. The zero-order valence-electron chi connectivity index (χ0n) is 12.1. The van der Waals surface area contributed by atoms with Crippen molar-refractivity contribution in [3.8, 4) is 0 Å². The van der Waals surface area contributed by atoms with Crippen molar-refractivity contribution in [3.63, 3.8) is 0 Å². The Morgan fingerprint density at radius 3 is 2.71 bits per heavy atom. The van der Waals surface area contributed by atoms with Crippen LogP contribution in [0.4, 0.5) is 4.39 Å². The number of nitrogens with two attached hydrogens (primary N) is 1. The molecule has 1 amide bonds. The highest BCUT2D eigenvalue weighted by atomic mass is 19.1. The second-order valence-corrected chi connectivity index (χ2v) is 5.57. The van der Waals surface area contributed by atoms with E-state index in [1.54, 1.807) is 19.2 Å². The molecule has 1 saturated carbocycles. The van der Waals surface area contributed by atoms with Crippen molar-refractivity contribution in [2.75, 3.05) is 7.05 Å². The number of halogens is 1. The molecule has 21 heavy (non-hydrogen) atoms. The van der Waals surface area contributed by atoms with Crippen LogP contribution in [0.1, 0.15) is 31.2 Å². The van der Waals surface area contributed by atoms with Gasteiger partial charge in [-0.25, -0.2) is 4.39 Å². The predicted molar refractivity (Wildman–Crippen MR) is 77.2 cm³/mol. The number of hydrogen-bond acceptors (Lipinski definition) is 3. The van der Waals surface area contributed by atoms with Crippen molar-refractivity contribution in [2.45, 2.75) is 32.2 Å². The van der Waals surface area contributed by atoms with Gasteiger partial charge >= 0.3 is 0 Å². The zero-order chi connectivity index (χ0) is 15.5. The van der Waals surface area contributed by atoms with Crippen molar-refractivity contribution in [1.82, 2.24) is 4.90 Å². The van der Waals surface area contributed by atoms with Gasteiger partial charge in [0.05, 0.1) is 0 Å². The van der Waals surface area contributed by atoms with Gasteiger partial charge in [0.25, 0.3) is 0 Å². The maximum atomic E-state index is 13.2. The molecule has 0 heterocycles. The SMILES string of the molecule is CN(Cc1cccc(F)c1)C(=O)C1(C(N)=NO)CCCC1. The molecule has 0 saturated heterocycles. The number of nitrogens with zero attached hydrogens (tertiary/aromatic N) is 2. The number of rotatable bonds is 4. The fourth-order valence-electron chi connectivity index (χ4n) is 3.00. The predicted octanol–water partition coefficient (Wildman–Crippen LogP) is 2.09. The molecule has 0 unspecified atom stereocenters. The lowest BCUT2D eigenvalue weighted by atomic mass is 9.83. The van der Waals surface area contributed by atoms with Crippen molar-refractivity contribution in [1.29, 1.82) is 0 Å². The van der Waals surface area contributed by atoms with E-state index >= 15 is 0 Å². The average Bonchev–Trinajstić information content (AvgIpc) is 2.96. The Morgan fingerprint density at radius 2 is 2.14 bits per heavy atom. The highest BCUT2D eigenvalue weighted by Gasteiger charge is 2.46. The maximum absolute atomic E-state index is 13.2. The van der Waals surface area contributed by atoms with E-state index in [2.05, 4.69) is 5.16 Å². The zero-order valence-corrected chi connectivity index (χ0v) is 12.1. The maximum Gasteiger partial charge on any atom is 0.236 e. The Balaban J connectivity index is 2.17. The molecule has 114 valence electrons. The summed E-state index contributed by atoms with van der Waals surface area (Å²) in [4.78, 5) is 14.2. The van der Waals surface area contributed by atoms with E-state index in [0.717, 1.165) is 12.8 Å². The summed E-state index contributed by atoms with van der Waals surface area (Å²) < 4.78 is 13.2. The largest absolute Gasteiger partial charge is 0.409 e. The van der Waals surface area contributed by atoms with Crippen LogP contribution in [0.2, 0.25) is 0 Å². The highest BCUT2D eigenvalue weighted by molar-refractivity contribution is 6.06. The Kier molecular flexibility index (Phi) is 4.45. The molecule has 1 aromatic rings. The summed E-state index contributed by atoms with van der Waals surface area (Å²) in [5.74, 6) is -0.545. The lowest BCUT2D eigenvalue weighted by Crippen LogP contribution is -2.48. The topological polar surface area (TPSA) is 78.9 Å². The minimum Gasteiger partial charge on any atom is -0.409 e. The Hall–Kier alpha value is -2.11. The molecular weight excluding hydrogens is 273 g/mol. The van der Waals surface area contributed by atoms with E-state index in [0.29, 0.717) is 18.4 Å². The van der Waals surface area contributed by atoms with Crippen LogP contribution in [-0.4, -0.2) is 28.9 Å². The van der Waals surface area contributed by atoms with Gasteiger partial charge in [-0.05, 0) is 30.5 Å². The van der Waals surface area contributed by atoms with E-state index in [-0.39, 0.29) is 24.1 Å². The number of amides is 1. The molecule has 0 radical (unpaired) electrons. The number of carbonyl (C=O) groups is 1. The van der Waals surface area contributed by atoms with E-state index in [1.165, 1.54) is 17.0 Å². The Labute approximate surface area is 123 Å². The molecule has 5 nitrogen and oxygen atoms in total. The summed E-state index contributed by atoms with van der Waals surface area (Å²) in [7, 11) is 1.65. The van der Waals surface area contributed by atoms with Gasteiger partial charge in [0.2, 0.25) is 5.91 Å². The van der Waals surface area contributed by atoms with Crippen LogP contribution >= 0.6 is 0 Å². The summed E-state index contributed by atoms with van der Waals surface area (Å²) in [6, 6.07) is 6.13. The molecular formula is C15H20FN3O2. The van der Waals surface area contributed by atoms with Gasteiger partial charge in [-0.3, -0.25) is 4.79 Å². The van der Waals surface area contributed by atoms with Gasteiger partial charge in [0.1, 0.15) is 11.2 Å². The lowest BCUT2D eigenvalue weighted by Gasteiger charge is -2.31. The third-order valence-electron chi connectivity index (χ3n) is 4.12. The molecule has 1 aliphatic rings. The number of amidine groups is 1. The van der Waals surface area contributed by atoms with Gasteiger partial charge in [0, 0.05) is 13.6 Å². The van der Waals surface area contributed by atoms with Gasteiger partial charge in [-0.1, -0.05) is 30.1 Å². The summed E-state index contributed by atoms with van der Waals surface area (Å²) in [6.45, 7) is 0.289. The van der Waals surface area contributed by atoms with Crippen LogP contribution < -0.4 is 5.73 Å². The van der Waals surface area contributed by atoms with E-state index < -0.39 is 5.41 Å². The first-order valence-corrected chi connectivity index (χ1v) is 6.97. The van der Waals surface area contributed by atoms with Crippen molar-refractivity contribution in [3.05, 3.63) is 35.6 Å². The van der Waals surface area contributed by atoms with Gasteiger partial charge in [-0.2, -0.15) is 0 Å².